The van der Waals surface area contributed by atoms with E-state index in [1.54, 1.807) is 0 Å². The zero-order valence-electron chi connectivity index (χ0n) is 33.3. The van der Waals surface area contributed by atoms with Crippen LogP contribution in [0.1, 0.15) is 75.6 Å². The van der Waals surface area contributed by atoms with Gasteiger partial charge in [-0.2, -0.15) is 41.6 Å². The summed E-state index contributed by atoms with van der Waals surface area (Å²) in [4.78, 5) is 0. The first-order valence-electron chi connectivity index (χ1n) is 19.7. The Hall–Kier alpha value is -3.78. The van der Waals surface area contributed by atoms with E-state index in [1.807, 2.05) is 6.07 Å². The molecular weight excluding hydrogens is 815 g/mol. The van der Waals surface area contributed by atoms with Crippen LogP contribution in [0.3, 0.4) is 0 Å². The normalized spacial score (nSPS) is 11.2. The molecule has 1 heterocycles. The SMILES string of the molecule is CCc1cc2c(-c3ccccc3)c(C(C)C)ccc2[cH-]1.CCc1cc2c(-c3ccccc3)c(C(C)C)ccc2[cH-]1.[Cl][Zr][Cl].[c-]1cccc2c1[Si]c1ccccc1-2. The van der Waals surface area contributed by atoms with Gasteiger partial charge in [-0.05, 0) is 35.8 Å². The standard InChI is InChI=1S/2C20H21.C12H7Si.2ClH.Zr/c2*1-4-15-12-17-10-11-18(14(2)3)20(19(17)13-15)16-8-6-5-7-9-16;1-3-7-11-9(5-1)10-6-2-4-8-12(10)13-11;;;/h2*5-14H,4H2,1-3H3;1-7H;2*1H;/q3*-1;;;+2/p-2. The fourth-order valence-corrected chi connectivity index (χ4v) is 8.98. The van der Waals surface area contributed by atoms with Crippen LogP contribution < -0.4 is 10.4 Å². The zero-order valence-corrected chi connectivity index (χ0v) is 38.2. The second kappa shape index (κ2) is 20.1. The first kappa shape index (κ1) is 41.8. The van der Waals surface area contributed by atoms with E-state index in [-0.39, 0.29) is 0 Å². The molecule has 282 valence electrons. The summed E-state index contributed by atoms with van der Waals surface area (Å²) >= 11 is -0.826. The molecule has 1 aliphatic rings. The van der Waals surface area contributed by atoms with Crippen LogP contribution in [0.15, 0.2) is 152 Å². The van der Waals surface area contributed by atoms with Gasteiger partial charge in [0.2, 0.25) is 0 Å². The summed E-state index contributed by atoms with van der Waals surface area (Å²) in [5, 5.41) is 8.36. The molecule has 9 rings (SSSR count). The van der Waals surface area contributed by atoms with E-state index in [0.29, 0.717) is 11.8 Å². The van der Waals surface area contributed by atoms with Gasteiger partial charge in [-0.1, -0.05) is 159 Å². The first-order valence-corrected chi connectivity index (χ1v) is 27.0. The third kappa shape index (κ3) is 9.66. The Morgan fingerprint density at radius 3 is 1.48 bits per heavy atom. The van der Waals surface area contributed by atoms with Crippen molar-refractivity contribution in [2.24, 2.45) is 0 Å². The topological polar surface area (TPSA) is 0 Å². The van der Waals surface area contributed by atoms with Crippen LogP contribution in [0.2, 0.25) is 0 Å². The Kier molecular flexibility index (Phi) is 15.0. The number of hydrogen-bond donors (Lipinski definition) is 0. The molecule has 0 N–H and O–H groups in total. The van der Waals surface area contributed by atoms with Crippen LogP contribution >= 0.6 is 17.0 Å². The predicted molar refractivity (Wildman–Crippen MR) is 244 cm³/mol. The molecule has 8 aromatic carbocycles. The minimum absolute atomic E-state index is 0.537. The fraction of sp³-hybridized carbons (Fsp3) is 0.192. The Balaban J connectivity index is 0.000000140. The van der Waals surface area contributed by atoms with Crippen LogP contribution in [0.25, 0.3) is 54.9 Å². The second-order valence-electron chi connectivity index (χ2n) is 14.7. The van der Waals surface area contributed by atoms with Gasteiger partial charge in [0, 0.05) is 0 Å². The molecule has 0 saturated carbocycles. The van der Waals surface area contributed by atoms with E-state index in [9.17, 15) is 0 Å². The minimum Gasteiger partial charge on any atom is -0.184 e. The van der Waals surface area contributed by atoms with Crippen molar-refractivity contribution in [3.63, 3.8) is 0 Å². The van der Waals surface area contributed by atoms with E-state index in [2.05, 4.69) is 193 Å². The number of hydrogen-bond acceptors (Lipinski definition) is 0. The van der Waals surface area contributed by atoms with Gasteiger partial charge >= 0.3 is 37.9 Å². The van der Waals surface area contributed by atoms with Gasteiger partial charge in [0.15, 0.2) is 0 Å². The number of aryl methyl sites for hydroxylation is 2. The van der Waals surface area contributed by atoms with Crippen LogP contribution in [0.4, 0.5) is 0 Å². The molecule has 2 radical (unpaired) electrons. The molecule has 0 saturated heterocycles. The molecule has 0 unspecified atom stereocenters. The van der Waals surface area contributed by atoms with Crippen molar-refractivity contribution < 1.29 is 20.8 Å². The van der Waals surface area contributed by atoms with Gasteiger partial charge in [-0.25, -0.2) is 0 Å². The molecule has 4 heteroatoms. The number of benzene rings is 6. The van der Waals surface area contributed by atoms with Gasteiger partial charge in [0.25, 0.3) is 0 Å². The minimum atomic E-state index is -0.826. The predicted octanol–water partition coefficient (Wildman–Crippen LogP) is 14.3. The second-order valence-corrected chi connectivity index (χ2v) is 19.8. The van der Waals surface area contributed by atoms with Crippen LogP contribution in [-0.4, -0.2) is 9.52 Å². The first-order chi connectivity index (χ1) is 27.3. The zero-order chi connectivity index (χ0) is 39.6. The average Bonchev–Trinajstić information content (AvgIpc) is 3.96. The number of rotatable bonds is 6. The molecule has 56 heavy (non-hydrogen) atoms. The average molecular weight is 864 g/mol. The summed E-state index contributed by atoms with van der Waals surface area (Å²) in [6, 6.07) is 58.3. The third-order valence-corrected chi connectivity index (χ3v) is 11.9. The maximum Gasteiger partial charge on any atom is 0.0920 e. The molecule has 1 aliphatic heterocycles. The molecule has 0 amide bonds. The summed E-state index contributed by atoms with van der Waals surface area (Å²) in [5.41, 5.74) is 14.0. The van der Waals surface area contributed by atoms with Crippen molar-refractivity contribution in [2.75, 3.05) is 0 Å². The van der Waals surface area contributed by atoms with Gasteiger partial charge in [-0.3, -0.25) is 0 Å². The van der Waals surface area contributed by atoms with E-state index in [1.165, 1.54) is 87.6 Å². The molecule has 0 aromatic heterocycles. The van der Waals surface area contributed by atoms with Gasteiger partial charge < -0.3 is 0 Å². The quantitative estimate of drug-likeness (QED) is 0.115. The Morgan fingerprint density at radius 1 is 0.571 bits per heavy atom. The monoisotopic (exact) mass is 861 g/mol. The van der Waals surface area contributed by atoms with Gasteiger partial charge in [0.1, 0.15) is 0 Å². The van der Waals surface area contributed by atoms with Crippen molar-refractivity contribution in [3.05, 3.63) is 180 Å². The Bertz CT molecular complexity index is 2300. The molecule has 0 aliphatic carbocycles. The van der Waals surface area contributed by atoms with Crippen molar-refractivity contribution in [3.8, 4) is 33.4 Å². The molecular formula is C52H49Cl2SiZr-3. The van der Waals surface area contributed by atoms with Crippen LogP contribution in [-0.2, 0) is 33.7 Å². The summed E-state index contributed by atoms with van der Waals surface area (Å²) < 4.78 is 0. The molecule has 0 atom stereocenters. The molecule has 0 fully saturated rings. The van der Waals surface area contributed by atoms with E-state index in [4.69, 9.17) is 17.0 Å². The number of halogens is 2. The third-order valence-electron chi connectivity index (χ3n) is 10.5. The maximum atomic E-state index is 4.93. The van der Waals surface area contributed by atoms with Crippen molar-refractivity contribution in [2.45, 2.75) is 66.2 Å². The largest absolute Gasteiger partial charge is 0.184 e. The van der Waals surface area contributed by atoms with Crippen molar-refractivity contribution >= 4 is 58.5 Å². The maximum absolute atomic E-state index is 4.93. The molecule has 0 spiro atoms. The van der Waals surface area contributed by atoms with Crippen LogP contribution in [0.5, 0.6) is 0 Å². The summed E-state index contributed by atoms with van der Waals surface area (Å²) in [7, 11) is 10.7. The van der Waals surface area contributed by atoms with Gasteiger partial charge in [-0.15, -0.1) is 74.6 Å². The Labute approximate surface area is 356 Å². The van der Waals surface area contributed by atoms with Gasteiger partial charge in [0.05, 0.1) is 9.52 Å². The van der Waals surface area contributed by atoms with E-state index in [0.717, 1.165) is 22.4 Å². The summed E-state index contributed by atoms with van der Waals surface area (Å²) in [6.45, 7) is 13.5. The van der Waals surface area contributed by atoms with Crippen molar-refractivity contribution in [1.29, 1.82) is 0 Å². The number of fused-ring (bicyclic) bond motifs is 5. The van der Waals surface area contributed by atoms with E-state index >= 15 is 0 Å². The Morgan fingerprint density at radius 2 is 1.02 bits per heavy atom. The molecule has 0 bridgehead atoms. The van der Waals surface area contributed by atoms with E-state index < -0.39 is 20.8 Å². The summed E-state index contributed by atoms with van der Waals surface area (Å²) in [5.74, 6) is 1.07. The smallest absolute Gasteiger partial charge is 0.0920 e. The molecule has 8 aromatic rings. The van der Waals surface area contributed by atoms with Crippen molar-refractivity contribution in [1.82, 2.24) is 0 Å². The molecule has 0 nitrogen and oxygen atoms in total. The van der Waals surface area contributed by atoms with Crippen LogP contribution in [0, 0.1) is 6.07 Å². The summed E-state index contributed by atoms with van der Waals surface area (Å²) in [6.07, 6.45) is 2.19. The fourth-order valence-electron chi connectivity index (χ4n) is 7.67.